The van der Waals surface area contributed by atoms with E-state index in [0.717, 1.165) is 42.3 Å². The lowest BCUT2D eigenvalue weighted by atomic mass is 10.0. The van der Waals surface area contributed by atoms with Crippen LogP contribution in [0.25, 0.3) is 10.8 Å². The molecular weight excluding hydrogens is 258 g/mol. The monoisotopic (exact) mass is 273 g/mol. The van der Waals surface area contributed by atoms with Crippen molar-refractivity contribution in [1.29, 1.82) is 0 Å². The molecule has 2 nitrogen and oxygen atoms in total. The largest absolute Gasteiger partial charge is 0.339 e. The van der Waals surface area contributed by atoms with Crippen molar-refractivity contribution in [1.82, 2.24) is 4.90 Å². The molecule has 3 rings (SSSR count). The second-order valence-corrected chi connectivity index (χ2v) is 5.61. The number of alkyl halides is 1. The Morgan fingerprint density at radius 3 is 2.53 bits per heavy atom. The van der Waals surface area contributed by atoms with Crippen LogP contribution in [-0.4, -0.2) is 29.3 Å². The summed E-state index contributed by atoms with van der Waals surface area (Å²) in [5, 5.41) is 2.36. The SMILES string of the molecule is O=C(c1cccc2ccccc12)N1CCC(Cl)CC1. The summed E-state index contributed by atoms with van der Waals surface area (Å²) in [5.41, 5.74) is 0.797. The minimum Gasteiger partial charge on any atom is -0.339 e. The predicted molar refractivity (Wildman–Crippen MR) is 78.7 cm³/mol. The zero-order chi connectivity index (χ0) is 13.2. The molecule has 3 heteroatoms. The van der Waals surface area contributed by atoms with Gasteiger partial charge in [-0.05, 0) is 29.7 Å². The van der Waals surface area contributed by atoms with E-state index in [1.807, 2.05) is 47.4 Å². The Morgan fingerprint density at radius 1 is 1.05 bits per heavy atom. The van der Waals surface area contributed by atoms with Gasteiger partial charge in [-0.3, -0.25) is 4.79 Å². The Labute approximate surface area is 118 Å². The Morgan fingerprint density at radius 2 is 1.74 bits per heavy atom. The van der Waals surface area contributed by atoms with Gasteiger partial charge in [0.05, 0.1) is 0 Å². The lowest BCUT2D eigenvalue weighted by molar-refractivity contribution is 0.0728. The molecule has 1 fully saturated rings. The summed E-state index contributed by atoms with van der Waals surface area (Å²) in [6.45, 7) is 1.52. The smallest absolute Gasteiger partial charge is 0.254 e. The Kier molecular flexibility index (Phi) is 3.43. The van der Waals surface area contributed by atoms with E-state index in [1.165, 1.54) is 0 Å². The van der Waals surface area contributed by atoms with E-state index in [4.69, 9.17) is 11.6 Å². The van der Waals surface area contributed by atoms with Crippen molar-refractivity contribution in [3.8, 4) is 0 Å². The summed E-state index contributed by atoms with van der Waals surface area (Å²) >= 11 is 6.09. The second-order valence-electron chi connectivity index (χ2n) is 4.99. The average molecular weight is 274 g/mol. The molecule has 2 aromatic rings. The molecule has 98 valence electrons. The van der Waals surface area contributed by atoms with Gasteiger partial charge >= 0.3 is 0 Å². The number of nitrogens with zero attached hydrogens (tertiary/aromatic N) is 1. The van der Waals surface area contributed by atoms with E-state index < -0.39 is 0 Å². The van der Waals surface area contributed by atoms with Crippen molar-refractivity contribution in [2.45, 2.75) is 18.2 Å². The number of halogens is 1. The van der Waals surface area contributed by atoms with E-state index in [-0.39, 0.29) is 11.3 Å². The van der Waals surface area contributed by atoms with E-state index in [2.05, 4.69) is 0 Å². The van der Waals surface area contributed by atoms with Crippen molar-refractivity contribution < 1.29 is 4.79 Å². The maximum atomic E-state index is 12.6. The Bertz CT molecular complexity index is 597. The third kappa shape index (κ3) is 2.45. The van der Waals surface area contributed by atoms with E-state index >= 15 is 0 Å². The fourth-order valence-electron chi connectivity index (χ4n) is 2.63. The highest BCUT2D eigenvalue weighted by Gasteiger charge is 2.23. The van der Waals surface area contributed by atoms with Gasteiger partial charge in [0.25, 0.3) is 5.91 Å². The predicted octanol–water partition coefficient (Wildman–Crippen LogP) is 3.68. The first-order valence-corrected chi connectivity index (χ1v) is 7.10. The van der Waals surface area contributed by atoms with Crippen molar-refractivity contribution in [2.75, 3.05) is 13.1 Å². The first kappa shape index (κ1) is 12.5. The lowest BCUT2D eigenvalue weighted by Crippen LogP contribution is -2.38. The van der Waals surface area contributed by atoms with Crippen LogP contribution in [-0.2, 0) is 0 Å². The molecule has 0 atom stereocenters. The second kappa shape index (κ2) is 5.22. The maximum absolute atomic E-state index is 12.6. The molecule has 0 N–H and O–H groups in total. The zero-order valence-electron chi connectivity index (χ0n) is 10.7. The van der Waals surface area contributed by atoms with Crippen LogP contribution in [0.4, 0.5) is 0 Å². The van der Waals surface area contributed by atoms with Crippen molar-refractivity contribution in [3.05, 3.63) is 48.0 Å². The molecule has 0 spiro atoms. The number of fused-ring (bicyclic) bond motifs is 1. The highest BCUT2D eigenvalue weighted by atomic mass is 35.5. The summed E-state index contributed by atoms with van der Waals surface area (Å²) in [5.74, 6) is 0.125. The van der Waals surface area contributed by atoms with Crippen LogP contribution >= 0.6 is 11.6 Å². The van der Waals surface area contributed by atoms with Crippen LogP contribution in [0.5, 0.6) is 0 Å². The molecule has 19 heavy (non-hydrogen) atoms. The number of benzene rings is 2. The van der Waals surface area contributed by atoms with E-state index in [1.54, 1.807) is 0 Å². The summed E-state index contributed by atoms with van der Waals surface area (Å²) in [6, 6.07) is 13.9. The maximum Gasteiger partial charge on any atom is 0.254 e. The zero-order valence-corrected chi connectivity index (χ0v) is 11.4. The van der Waals surface area contributed by atoms with Gasteiger partial charge in [-0.2, -0.15) is 0 Å². The number of hydrogen-bond donors (Lipinski definition) is 0. The third-order valence-electron chi connectivity index (χ3n) is 3.73. The molecule has 2 aromatic carbocycles. The first-order valence-electron chi connectivity index (χ1n) is 6.67. The molecule has 0 unspecified atom stereocenters. The van der Waals surface area contributed by atoms with Crippen molar-refractivity contribution in [3.63, 3.8) is 0 Å². The quantitative estimate of drug-likeness (QED) is 0.726. The van der Waals surface area contributed by atoms with Crippen LogP contribution in [0.1, 0.15) is 23.2 Å². The average Bonchev–Trinajstić information content (AvgIpc) is 2.47. The summed E-state index contributed by atoms with van der Waals surface area (Å²) in [6.07, 6.45) is 1.77. The van der Waals surface area contributed by atoms with Crippen LogP contribution in [0.15, 0.2) is 42.5 Å². The van der Waals surface area contributed by atoms with Gasteiger partial charge in [-0.25, -0.2) is 0 Å². The van der Waals surface area contributed by atoms with Gasteiger partial charge in [0.15, 0.2) is 0 Å². The molecule has 0 aromatic heterocycles. The molecule has 0 bridgehead atoms. The Hall–Kier alpha value is -1.54. The fraction of sp³-hybridized carbons (Fsp3) is 0.312. The van der Waals surface area contributed by atoms with E-state index in [0.29, 0.717) is 0 Å². The molecule has 0 aliphatic carbocycles. The summed E-state index contributed by atoms with van der Waals surface area (Å²) in [4.78, 5) is 14.5. The standard InChI is InChI=1S/C16H16ClNO/c17-13-8-10-18(11-9-13)16(19)15-7-3-5-12-4-1-2-6-14(12)15/h1-7,13H,8-11H2. The van der Waals surface area contributed by atoms with E-state index in [9.17, 15) is 4.79 Å². The third-order valence-corrected chi connectivity index (χ3v) is 4.17. The number of likely N-dealkylation sites (tertiary alicyclic amines) is 1. The molecule has 1 saturated heterocycles. The van der Waals surface area contributed by atoms with Crippen LogP contribution in [0.2, 0.25) is 0 Å². The number of hydrogen-bond acceptors (Lipinski definition) is 1. The van der Waals surface area contributed by atoms with Gasteiger partial charge in [0.1, 0.15) is 0 Å². The Balaban J connectivity index is 1.93. The topological polar surface area (TPSA) is 20.3 Å². The lowest BCUT2D eigenvalue weighted by Gasteiger charge is -2.29. The number of carbonyl (C=O) groups is 1. The molecule has 1 aliphatic rings. The van der Waals surface area contributed by atoms with Crippen molar-refractivity contribution >= 4 is 28.3 Å². The summed E-state index contributed by atoms with van der Waals surface area (Å²) in [7, 11) is 0. The van der Waals surface area contributed by atoms with Crippen LogP contribution < -0.4 is 0 Å². The van der Waals surface area contributed by atoms with Gasteiger partial charge < -0.3 is 4.90 Å². The summed E-state index contributed by atoms with van der Waals surface area (Å²) < 4.78 is 0. The number of piperidine rings is 1. The molecule has 0 radical (unpaired) electrons. The first-order chi connectivity index (χ1) is 9.25. The molecule has 1 aliphatic heterocycles. The normalized spacial score (nSPS) is 16.8. The minimum absolute atomic E-state index is 0.125. The van der Waals surface area contributed by atoms with Gasteiger partial charge in [0.2, 0.25) is 0 Å². The highest BCUT2D eigenvalue weighted by Crippen LogP contribution is 2.22. The van der Waals surface area contributed by atoms with Gasteiger partial charge in [-0.1, -0.05) is 36.4 Å². The number of amides is 1. The van der Waals surface area contributed by atoms with Gasteiger partial charge in [-0.15, -0.1) is 11.6 Å². The van der Waals surface area contributed by atoms with Gasteiger partial charge in [0, 0.05) is 24.0 Å². The van der Waals surface area contributed by atoms with Crippen molar-refractivity contribution in [2.24, 2.45) is 0 Å². The highest BCUT2D eigenvalue weighted by molar-refractivity contribution is 6.20. The number of rotatable bonds is 1. The molecular formula is C16H16ClNO. The molecule has 1 amide bonds. The number of carbonyl (C=O) groups excluding carboxylic acids is 1. The van der Waals surface area contributed by atoms with Crippen LogP contribution in [0.3, 0.4) is 0 Å². The van der Waals surface area contributed by atoms with Crippen LogP contribution in [0, 0.1) is 0 Å². The molecule has 0 saturated carbocycles. The fourth-order valence-corrected chi connectivity index (χ4v) is 2.83. The molecule has 1 heterocycles. The minimum atomic E-state index is 0.125.